The van der Waals surface area contributed by atoms with Gasteiger partial charge in [0.15, 0.2) is 0 Å². The molecule has 3 fully saturated rings. The number of hydrogen-bond donors (Lipinski definition) is 4. The van der Waals surface area contributed by atoms with Crippen LogP contribution in [0.3, 0.4) is 0 Å². The monoisotopic (exact) mass is 865 g/mol. The van der Waals surface area contributed by atoms with Gasteiger partial charge in [-0.2, -0.15) is 0 Å². The lowest BCUT2D eigenvalue weighted by atomic mass is 9.91. The number of likely N-dealkylation sites (N-methyl/N-ethyl adjacent to an activating group) is 1. The lowest BCUT2D eigenvalue weighted by Crippen LogP contribution is -2.45. The Balaban J connectivity index is 1.56. The van der Waals surface area contributed by atoms with Gasteiger partial charge >= 0.3 is 0 Å². The number of hydrogen-bond acceptors (Lipinski definition) is 16. The molecule has 16 heteroatoms. The molecule has 0 aliphatic carbocycles. The van der Waals surface area contributed by atoms with Crippen molar-refractivity contribution in [2.75, 3.05) is 151 Å². The highest BCUT2D eigenvalue weighted by atomic mass is 16.6. The first-order valence-electron chi connectivity index (χ1n) is 22.9. The van der Waals surface area contributed by atoms with E-state index in [1.165, 1.54) is 0 Å². The van der Waals surface area contributed by atoms with E-state index in [0.29, 0.717) is 103 Å². The Bertz CT molecular complexity index is 1090. The zero-order valence-electron chi connectivity index (χ0n) is 39.1. The molecule has 0 amide bonds. The van der Waals surface area contributed by atoms with Gasteiger partial charge in [-0.3, -0.25) is 14.7 Å². The predicted molar refractivity (Wildman–Crippen MR) is 232 cm³/mol. The van der Waals surface area contributed by atoms with Gasteiger partial charge in [0, 0.05) is 70.4 Å². The maximum absolute atomic E-state index is 10.7. The fourth-order valence-corrected chi connectivity index (χ4v) is 7.20. The number of aliphatic hydroxyl groups is 4. The van der Waals surface area contributed by atoms with Gasteiger partial charge in [-0.1, -0.05) is 13.8 Å². The molecular weight excluding hydrogens is 776 g/mol. The number of aliphatic hydroxyl groups excluding tert-OH is 4. The van der Waals surface area contributed by atoms with Crippen LogP contribution in [0.15, 0.2) is 0 Å². The quantitative estimate of drug-likeness (QED) is 0.0515. The summed E-state index contributed by atoms with van der Waals surface area (Å²) in [6.45, 7) is 30.1. The van der Waals surface area contributed by atoms with Crippen LogP contribution in [0, 0.1) is 5.41 Å². The van der Waals surface area contributed by atoms with Crippen LogP contribution in [0.2, 0.25) is 0 Å². The molecule has 60 heavy (non-hydrogen) atoms. The van der Waals surface area contributed by atoms with Gasteiger partial charge in [0.05, 0.1) is 134 Å². The Morgan fingerprint density at radius 1 is 0.517 bits per heavy atom. The first kappa shape index (κ1) is 53.7. The molecule has 3 aliphatic rings. The minimum atomic E-state index is -0.719. The number of rotatable bonds is 40. The van der Waals surface area contributed by atoms with Crippen molar-refractivity contribution < 1.29 is 58.3 Å². The minimum Gasteiger partial charge on any atom is -0.392 e. The molecule has 0 aromatic carbocycles. The molecule has 16 nitrogen and oxygen atoms in total. The first-order valence-corrected chi connectivity index (χ1v) is 22.9. The molecule has 0 spiro atoms. The number of nitrogens with zero attached hydrogens (tertiary/aromatic N) is 4. The summed E-state index contributed by atoms with van der Waals surface area (Å²) in [5.74, 6) is 0. The third-order valence-electron chi connectivity index (χ3n) is 11.6. The van der Waals surface area contributed by atoms with Crippen molar-refractivity contribution in [3.63, 3.8) is 0 Å². The van der Waals surface area contributed by atoms with E-state index in [1.807, 2.05) is 27.7 Å². The van der Waals surface area contributed by atoms with Crippen LogP contribution in [0.1, 0.15) is 75.2 Å². The van der Waals surface area contributed by atoms with Crippen LogP contribution in [0.25, 0.3) is 0 Å². The van der Waals surface area contributed by atoms with Gasteiger partial charge in [-0.15, -0.1) is 0 Å². The van der Waals surface area contributed by atoms with Crippen molar-refractivity contribution in [3.05, 3.63) is 0 Å². The summed E-state index contributed by atoms with van der Waals surface area (Å²) < 4.78 is 49.0. The van der Waals surface area contributed by atoms with Crippen molar-refractivity contribution in [3.8, 4) is 0 Å². The highest BCUT2D eigenvalue weighted by molar-refractivity contribution is 4.89. The average molecular weight is 865 g/mol. The fourth-order valence-electron chi connectivity index (χ4n) is 7.20. The molecule has 356 valence electrons. The molecule has 10 atom stereocenters. The lowest BCUT2D eigenvalue weighted by molar-refractivity contribution is -0.152. The van der Waals surface area contributed by atoms with E-state index in [-0.39, 0.29) is 46.2 Å². The highest BCUT2D eigenvalue weighted by Gasteiger charge is 2.37. The fraction of sp³-hybridized carbons (Fsp3) is 1.00. The van der Waals surface area contributed by atoms with Gasteiger partial charge in [0.25, 0.3) is 0 Å². The van der Waals surface area contributed by atoms with Gasteiger partial charge in [0.1, 0.15) is 0 Å². The summed E-state index contributed by atoms with van der Waals surface area (Å²) in [4.78, 5) is 8.82. The Hall–Kier alpha value is -0.640. The molecule has 4 N–H and O–H groups in total. The van der Waals surface area contributed by atoms with E-state index in [4.69, 9.17) is 37.9 Å². The average Bonchev–Trinajstić information content (AvgIpc) is 4.15. The molecule has 3 saturated heterocycles. The molecule has 0 bridgehead atoms. The second kappa shape index (κ2) is 27.6. The molecule has 0 aromatic heterocycles. The van der Waals surface area contributed by atoms with Gasteiger partial charge in [-0.25, -0.2) is 0 Å². The number of ether oxygens (including phenoxy) is 8. The summed E-state index contributed by atoms with van der Waals surface area (Å²) in [7, 11) is 0. The Morgan fingerprint density at radius 3 is 1.30 bits per heavy atom. The van der Waals surface area contributed by atoms with Crippen molar-refractivity contribution >= 4 is 0 Å². The van der Waals surface area contributed by atoms with Crippen LogP contribution in [-0.4, -0.2) is 245 Å². The van der Waals surface area contributed by atoms with Crippen molar-refractivity contribution in [1.82, 2.24) is 19.6 Å². The third kappa shape index (κ3) is 23.9. The van der Waals surface area contributed by atoms with Gasteiger partial charge < -0.3 is 63.2 Å². The molecule has 0 radical (unpaired) electrons. The molecule has 3 rings (SSSR count). The zero-order valence-corrected chi connectivity index (χ0v) is 39.1. The second-order valence-electron chi connectivity index (χ2n) is 19.0. The molecular formula is C44H88N4O12. The van der Waals surface area contributed by atoms with Crippen LogP contribution < -0.4 is 0 Å². The SMILES string of the molecule is CCN(CC)CC(O)COCCOCC(COCCOCC(O)CN1CC1C)(COCCOCC(O)CN1CC1C)COC(C)(C)CCOC(C)(C)CC(O)CN1CC1C. The molecule has 3 heterocycles. The standard InChI is InChI=1S/C44H88N4O12/c1-10-45(11-2)24-39(50)28-53-14-17-56-31-44(32-57-18-15-54-29-40(51)26-47-22-36(47)4,33-58-19-16-55-30-41(52)27-48-23-37(48)5)34-60-42(6,7)12-13-59-43(8,9)20-38(49)25-46-21-35(46)3/h35-41,49-52H,10-34H2,1-9H3. The molecule has 0 saturated carbocycles. The lowest BCUT2D eigenvalue weighted by Gasteiger charge is -2.37. The van der Waals surface area contributed by atoms with E-state index in [0.717, 1.165) is 32.7 Å². The smallest absolute Gasteiger partial charge is 0.0900 e. The second-order valence-corrected chi connectivity index (χ2v) is 19.0. The summed E-state index contributed by atoms with van der Waals surface area (Å²) >= 11 is 0. The van der Waals surface area contributed by atoms with E-state index in [2.05, 4.69) is 54.2 Å². The van der Waals surface area contributed by atoms with Crippen molar-refractivity contribution in [2.45, 2.75) is 129 Å². The van der Waals surface area contributed by atoms with Crippen LogP contribution >= 0.6 is 0 Å². The van der Waals surface area contributed by atoms with Gasteiger partial charge in [-0.05, 0) is 68.0 Å². The summed E-state index contributed by atoms with van der Waals surface area (Å²) in [6, 6.07) is 1.59. The topological polar surface area (TPSA) is 167 Å². The van der Waals surface area contributed by atoms with Crippen LogP contribution in [0.5, 0.6) is 0 Å². The first-order chi connectivity index (χ1) is 28.4. The Labute approximate surface area is 363 Å². The van der Waals surface area contributed by atoms with E-state index < -0.39 is 41.0 Å². The summed E-state index contributed by atoms with van der Waals surface area (Å²) in [6.07, 6.45) is -0.953. The van der Waals surface area contributed by atoms with E-state index >= 15 is 0 Å². The number of β-amino-alcohol motifs (C(OH)–C–C–N with tert-alkyl or cyclic N) is 3. The zero-order chi connectivity index (χ0) is 44.2. The molecule has 3 aliphatic heterocycles. The van der Waals surface area contributed by atoms with Crippen molar-refractivity contribution in [2.24, 2.45) is 5.41 Å². The van der Waals surface area contributed by atoms with E-state index in [9.17, 15) is 20.4 Å². The highest BCUT2D eigenvalue weighted by Crippen LogP contribution is 2.27. The largest absolute Gasteiger partial charge is 0.392 e. The molecule has 0 aromatic rings. The maximum Gasteiger partial charge on any atom is 0.0900 e. The normalized spacial score (nSPS) is 25.9. The van der Waals surface area contributed by atoms with Crippen LogP contribution in [0.4, 0.5) is 0 Å². The Morgan fingerprint density at radius 2 is 0.900 bits per heavy atom. The maximum atomic E-state index is 10.7. The predicted octanol–water partition coefficient (Wildman–Crippen LogP) is 1.34. The summed E-state index contributed by atoms with van der Waals surface area (Å²) in [5.41, 5.74) is -1.78. The van der Waals surface area contributed by atoms with E-state index in [1.54, 1.807) is 0 Å². The van der Waals surface area contributed by atoms with Gasteiger partial charge in [0.2, 0.25) is 0 Å². The van der Waals surface area contributed by atoms with Crippen LogP contribution in [-0.2, 0) is 37.9 Å². The minimum absolute atomic E-state index is 0.224. The third-order valence-corrected chi connectivity index (χ3v) is 11.6. The van der Waals surface area contributed by atoms with Crippen molar-refractivity contribution in [1.29, 1.82) is 0 Å². The summed E-state index contributed by atoms with van der Waals surface area (Å²) in [5, 5.41) is 41.8. The Kier molecular flexibility index (Phi) is 24.7. The molecule has 10 unspecified atom stereocenters.